The smallest absolute Gasteiger partial charge is 0.402 e. The van der Waals surface area contributed by atoms with E-state index >= 15 is 0 Å². The van der Waals surface area contributed by atoms with E-state index in [2.05, 4.69) is 5.32 Å². The van der Waals surface area contributed by atoms with Crippen molar-refractivity contribution in [3.8, 4) is 0 Å². The Kier molecular flexibility index (Phi) is 31.8. The SMILES string of the molecule is CCO.OB(O)O.OCCNCCO. The lowest BCUT2D eigenvalue weighted by Gasteiger charge is -1.94. The van der Waals surface area contributed by atoms with Gasteiger partial charge in [-0.05, 0) is 6.92 Å². The van der Waals surface area contributed by atoms with Crippen LogP contribution in [0.5, 0.6) is 0 Å². The molecule has 0 heterocycles. The van der Waals surface area contributed by atoms with E-state index < -0.39 is 7.32 Å². The van der Waals surface area contributed by atoms with Gasteiger partial charge in [0.1, 0.15) is 0 Å². The van der Waals surface area contributed by atoms with Crippen LogP contribution in [0.2, 0.25) is 0 Å². The zero-order chi connectivity index (χ0) is 11.8. The van der Waals surface area contributed by atoms with Crippen molar-refractivity contribution in [2.24, 2.45) is 0 Å². The Morgan fingerprint density at radius 3 is 1.29 bits per heavy atom. The molecule has 7 nitrogen and oxygen atoms in total. The van der Waals surface area contributed by atoms with Gasteiger partial charge < -0.3 is 35.7 Å². The Hall–Kier alpha value is -0.215. The summed E-state index contributed by atoms with van der Waals surface area (Å²) in [7, 11) is -2.17. The zero-order valence-corrected chi connectivity index (χ0v) is 8.30. The highest BCUT2D eigenvalue weighted by Crippen LogP contribution is 1.54. The largest absolute Gasteiger partial charge is 0.631 e. The van der Waals surface area contributed by atoms with Crippen LogP contribution in [0.15, 0.2) is 0 Å². The van der Waals surface area contributed by atoms with Crippen LogP contribution in [0.4, 0.5) is 0 Å². The first-order valence-corrected chi connectivity index (χ1v) is 4.14. The van der Waals surface area contributed by atoms with Gasteiger partial charge in [-0.15, -0.1) is 0 Å². The number of nitrogens with one attached hydrogen (secondary N) is 1. The molecule has 0 aliphatic carbocycles. The van der Waals surface area contributed by atoms with E-state index in [1.54, 1.807) is 6.92 Å². The summed E-state index contributed by atoms with van der Waals surface area (Å²) in [6.07, 6.45) is 0. The Labute approximate surface area is 83.8 Å². The molecular weight excluding hydrogens is 193 g/mol. The minimum Gasteiger partial charge on any atom is -0.402 e. The van der Waals surface area contributed by atoms with Crippen molar-refractivity contribution in [1.82, 2.24) is 5.32 Å². The van der Waals surface area contributed by atoms with E-state index in [1.807, 2.05) is 0 Å². The number of aliphatic hydroxyl groups excluding tert-OH is 3. The quantitative estimate of drug-likeness (QED) is 0.190. The van der Waals surface area contributed by atoms with Crippen LogP contribution < -0.4 is 5.32 Å². The van der Waals surface area contributed by atoms with Gasteiger partial charge in [-0.3, -0.25) is 0 Å². The molecule has 0 radical (unpaired) electrons. The van der Waals surface area contributed by atoms with E-state index in [4.69, 9.17) is 30.4 Å². The summed E-state index contributed by atoms with van der Waals surface area (Å²) in [6, 6.07) is 0. The molecule has 14 heavy (non-hydrogen) atoms. The number of aliphatic hydroxyl groups is 3. The second kappa shape index (κ2) is 23.0. The molecule has 0 rings (SSSR count). The fourth-order valence-corrected chi connectivity index (χ4v) is 0.283. The van der Waals surface area contributed by atoms with Gasteiger partial charge in [-0.25, -0.2) is 0 Å². The highest BCUT2D eigenvalue weighted by Gasteiger charge is 1.92. The summed E-state index contributed by atoms with van der Waals surface area (Å²) in [5.74, 6) is 0. The van der Waals surface area contributed by atoms with Crippen LogP contribution in [-0.2, 0) is 0 Å². The van der Waals surface area contributed by atoms with Crippen molar-refractivity contribution < 1.29 is 30.4 Å². The van der Waals surface area contributed by atoms with Crippen molar-refractivity contribution in [3.63, 3.8) is 0 Å². The second-order valence-corrected chi connectivity index (χ2v) is 1.86. The number of rotatable bonds is 4. The van der Waals surface area contributed by atoms with Gasteiger partial charge in [0.05, 0.1) is 13.2 Å². The molecule has 0 amide bonds. The van der Waals surface area contributed by atoms with Crippen LogP contribution in [0.3, 0.4) is 0 Å². The fourth-order valence-electron chi connectivity index (χ4n) is 0.283. The third kappa shape index (κ3) is 95.7. The summed E-state index contributed by atoms with van der Waals surface area (Å²) >= 11 is 0. The van der Waals surface area contributed by atoms with E-state index in [0.29, 0.717) is 13.1 Å². The highest BCUT2D eigenvalue weighted by molar-refractivity contribution is 6.30. The molecule has 0 fully saturated rings. The number of hydrogen-bond acceptors (Lipinski definition) is 7. The maximum atomic E-state index is 8.15. The monoisotopic (exact) mass is 213 g/mol. The summed E-state index contributed by atoms with van der Waals surface area (Å²) < 4.78 is 0. The first-order chi connectivity index (χ1) is 6.56. The Bertz CT molecular complexity index is 70.6. The van der Waals surface area contributed by atoms with Crippen molar-refractivity contribution in [3.05, 3.63) is 0 Å². The molecule has 8 heteroatoms. The van der Waals surface area contributed by atoms with Crippen molar-refractivity contribution in [2.45, 2.75) is 6.92 Å². The van der Waals surface area contributed by atoms with Crippen LogP contribution in [0, 0.1) is 0 Å². The van der Waals surface area contributed by atoms with E-state index in [9.17, 15) is 0 Å². The molecule has 0 saturated heterocycles. The molecule has 0 aliphatic heterocycles. The molecule has 88 valence electrons. The molecule has 0 aromatic carbocycles. The molecule has 0 aliphatic rings. The highest BCUT2D eigenvalue weighted by atomic mass is 16.5. The lowest BCUT2D eigenvalue weighted by atomic mass is 10.3. The van der Waals surface area contributed by atoms with Gasteiger partial charge in [-0.2, -0.15) is 0 Å². The van der Waals surface area contributed by atoms with Gasteiger partial charge in [-0.1, -0.05) is 0 Å². The molecular formula is C6H20BNO6. The second-order valence-electron chi connectivity index (χ2n) is 1.86. The van der Waals surface area contributed by atoms with Gasteiger partial charge in [0.25, 0.3) is 0 Å². The van der Waals surface area contributed by atoms with E-state index in [1.165, 1.54) is 0 Å². The van der Waals surface area contributed by atoms with Gasteiger partial charge in [0.2, 0.25) is 0 Å². The van der Waals surface area contributed by atoms with Crippen LogP contribution in [0.1, 0.15) is 6.92 Å². The predicted molar refractivity (Wildman–Crippen MR) is 52.2 cm³/mol. The van der Waals surface area contributed by atoms with E-state index in [-0.39, 0.29) is 19.8 Å². The first kappa shape index (κ1) is 19.4. The van der Waals surface area contributed by atoms with Gasteiger partial charge in [0, 0.05) is 19.7 Å². The van der Waals surface area contributed by atoms with Gasteiger partial charge in [0.15, 0.2) is 0 Å². The summed E-state index contributed by atoms with van der Waals surface area (Å²) in [5, 5.41) is 48.2. The third-order valence-electron chi connectivity index (χ3n) is 0.577. The van der Waals surface area contributed by atoms with Crippen molar-refractivity contribution in [1.29, 1.82) is 0 Å². The summed E-state index contributed by atoms with van der Waals surface area (Å²) in [5.41, 5.74) is 0. The summed E-state index contributed by atoms with van der Waals surface area (Å²) in [4.78, 5) is 0. The normalized spacial score (nSPS) is 7.93. The lowest BCUT2D eigenvalue weighted by Crippen LogP contribution is -2.21. The Morgan fingerprint density at radius 1 is 0.929 bits per heavy atom. The van der Waals surface area contributed by atoms with E-state index in [0.717, 1.165) is 0 Å². The maximum absolute atomic E-state index is 8.15. The Morgan fingerprint density at radius 2 is 1.14 bits per heavy atom. The molecule has 0 spiro atoms. The molecule has 0 saturated carbocycles. The molecule has 0 atom stereocenters. The molecule has 0 aromatic heterocycles. The standard InChI is InChI=1S/C4H11NO2.C2H6O.BH3O3/c6-3-1-5-2-4-7;1-2-3;2-1(3)4/h5-7H,1-4H2;3H,2H2,1H3;2-4H. The number of hydrogen-bond donors (Lipinski definition) is 7. The molecule has 0 bridgehead atoms. The van der Waals surface area contributed by atoms with Crippen LogP contribution in [0.25, 0.3) is 0 Å². The molecule has 7 N–H and O–H groups in total. The Balaban J connectivity index is -0.000000147. The summed E-state index contributed by atoms with van der Waals surface area (Å²) in [6.45, 7) is 3.35. The molecule has 0 aromatic rings. The predicted octanol–water partition coefficient (Wildman–Crippen LogP) is -3.49. The maximum Gasteiger partial charge on any atom is 0.631 e. The third-order valence-corrected chi connectivity index (χ3v) is 0.577. The first-order valence-electron chi connectivity index (χ1n) is 4.14. The van der Waals surface area contributed by atoms with Crippen LogP contribution >= 0.6 is 0 Å². The van der Waals surface area contributed by atoms with Gasteiger partial charge >= 0.3 is 7.32 Å². The topological polar surface area (TPSA) is 133 Å². The average molecular weight is 213 g/mol. The molecule has 0 unspecified atom stereocenters. The zero-order valence-electron chi connectivity index (χ0n) is 8.30. The van der Waals surface area contributed by atoms with Crippen LogP contribution in [-0.4, -0.2) is 70.6 Å². The minimum absolute atomic E-state index is 0.139. The fraction of sp³-hybridized carbons (Fsp3) is 1.00. The average Bonchev–Trinajstić information content (AvgIpc) is 2.06. The lowest BCUT2D eigenvalue weighted by molar-refractivity contribution is 0.266. The minimum atomic E-state index is -2.17. The van der Waals surface area contributed by atoms with Crippen molar-refractivity contribution >= 4 is 7.32 Å². The van der Waals surface area contributed by atoms with Crippen molar-refractivity contribution in [2.75, 3.05) is 32.9 Å².